The molecule has 46 heavy (non-hydrogen) atoms. The van der Waals surface area contributed by atoms with Crippen LogP contribution < -0.4 is 0 Å². The van der Waals surface area contributed by atoms with Gasteiger partial charge in [0.25, 0.3) is 0 Å². The van der Waals surface area contributed by atoms with Crippen molar-refractivity contribution in [1.82, 2.24) is 15.1 Å². The predicted octanol–water partition coefficient (Wildman–Crippen LogP) is 8.58. The molecule has 0 radical (unpaired) electrons. The second-order valence-electron chi connectivity index (χ2n) is 11.8. The topological polar surface area (TPSA) is 90.1 Å². The third kappa shape index (κ3) is 6.61. The van der Waals surface area contributed by atoms with Gasteiger partial charge in [-0.15, -0.1) is 10.2 Å². The van der Waals surface area contributed by atoms with Gasteiger partial charge >= 0.3 is 6.16 Å². The van der Waals surface area contributed by atoms with E-state index in [0.717, 1.165) is 32.5 Å². The number of halogens is 2. The summed E-state index contributed by atoms with van der Waals surface area (Å²) in [4.78, 5) is 20.1. The third-order valence-electron chi connectivity index (χ3n) is 9.12. The molecule has 0 bridgehead atoms. The van der Waals surface area contributed by atoms with Gasteiger partial charge in [0.1, 0.15) is 5.76 Å². The van der Waals surface area contributed by atoms with Crippen molar-refractivity contribution >= 4 is 35.1 Å². The maximum Gasteiger partial charge on any atom is 0.513 e. The monoisotopic (exact) mass is 658 g/mol. The van der Waals surface area contributed by atoms with Crippen LogP contribution in [0.25, 0.3) is 0 Å². The standard InChI is InChI=1S/C36H36Cl2N4O4/c1-24-30(34-41-39-23-45-34)31(28-15-9-16-29(37)32(28)38)33(25(2)40-24)46-35(43)44-22-10-19-42-20-17-36(18-21-42,26-11-5-3-6-12-26)27-13-7-4-8-14-27/h3-9,11-16,23,30-31H,10,17-22H2,1-2H3. The second-order valence-corrected chi connectivity index (χ2v) is 12.6. The van der Waals surface area contributed by atoms with Crippen LogP contribution >= 0.6 is 23.2 Å². The molecule has 0 N–H and O–H groups in total. The zero-order valence-electron chi connectivity index (χ0n) is 25.9. The Labute approximate surface area is 279 Å². The zero-order chi connectivity index (χ0) is 32.1. The molecule has 238 valence electrons. The van der Waals surface area contributed by atoms with Gasteiger partial charge in [0.05, 0.1) is 34.2 Å². The number of allylic oxidation sites excluding steroid dienone is 2. The molecule has 0 spiro atoms. The summed E-state index contributed by atoms with van der Waals surface area (Å²) in [6.07, 6.45) is 3.17. The normalized spacial score (nSPS) is 19.9. The first kappa shape index (κ1) is 32.0. The summed E-state index contributed by atoms with van der Waals surface area (Å²) < 4.78 is 17.0. The lowest BCUT2D eigenvalue weighted by Gasteiger charge is -2.43. The van der Waals surface area contributed by atoms with Gasteiger partial charge < -0.3 is 18.8 Å². The van der Waals surface area contributed by atoms with E-state index >= 15 is 0 Å². The van der Waals surface area contributed by atoms with Gasteiger partial charge in [0.15, 0.2) is 0 Å². The Hall–Kier alpha value is -3.98. The van der Waals surface area contributed by atoms with Crippen LogP contribution in [0.4, 0.5) is 4.79 Å². The van der Waals surface area contributed by atoms with E-state index in [1.807, 2.05) is 13.0 Å². The summed E-state index contributed by atoms with van der Waals surface area (Å²) in [6.45, 7) is 6.60. The van der Waals surface area contributed by atoms with E-state index in [0.29, 0.717) is 45.1 Å². The van der Waals surface area contributed by atoms with Crippen LogP contribution in [-0.4, -0.2) is 53.2 Å². The van der Waals surface area contributed by atoms with Crippen molar-refractivity contribution in [1.29, 1.82) is 0 Å². The molecule has 8 nitrogen and oxygen atoms in total. The van der Waals surface area contributed by atoms with Crippen molar-refractivity contribution < 1.29 is 18.7 Å². The molecule has 2 atom stereocenters. The molecule has 1 aromatic heterocycles. The lowest BCUT2D eigenvalue weighted by Crippen LogP contribution is -2.43. The Balaban J connectivity index is 1.08. The molecule has 2 aliphatic rings. The number of hydrogen-bond acceptors (Lipinski definition) is 8. The molecule has 0 aliphatic carbocycles. The molecular formula is C36H36Cl2N4O4. The highest BCUT2D eigenvalue weighted by Crippen LogP contribution is 2.47. The van der Waals surface area contributed by atoms with Crippen LogP contribution in [0, 0.1) is 0 Å². The third-order valence-corrected chi connectivity index (χ3v) is 9.95. The number of likely N-dealkylation sites (tertiary alicyclic amines) is 1. The highest BCUT2D eigenvalue weighted by molar-refractivity contribution is 6.42. The predicted molar refractivity (Wildman–Crippen MR) is 178 cm³/mol. The minimum Gasteiger partial charge on any atom is -0.434 e. The van der Waals surface area contributed by atoms with Crippen molar-refractivity contribution in [3.63, 3.8) is 0 Å². The summed E-state index contributed by atoms with van der Waals surface area (Å²) in [5.41, 5.74) is 4.61. The highest BCUT2D eigenvalue weighted by Gasteiger charge is 2.41. The molecule has 2 aliphatic heterocycles. The number of nitrogens with zero attached hydrogens (tertiary/aromatic N) is 4. The van der Waals surface area contributed by atoms with E-state index < -0.39 is 18.0 Å². The maximum absolute atomic E-state index is 13.1. The van der Waals surface area contributed by atoms with Crippen LogP contribution in [0.5, 0.6) is 0 Å². The summed E-state index contributed by atoms with van der Waals surface area (Å²) >= 11 is 13.1. The van der Waals surface area contributed by atoms with Crippen molar-refractivity contribution in [2.75, 3.05) is 26.2 Å². The van der Waals surface area contributed by atoms with Gasteiger partial charge in [-0.05, 0) is 69.0 Å². The maximum atomic E-state index is 13.1. The first-order valence-corrected chi connectivity index (χ1v) is 16.3. The molecular weight excluding hydrogens is 623 g/mol. The van der Waals surface area contributed by atoms with Gasteiger partial charge in [0.2, 0.25) is 12.3 Å². The lowest BCUT2D eigenvalue weighted by atomic mass is 9.68. The molecule has 10 heteroatoms. The number of piperidine rings is 1. The zero-order valence-corrected chi connectivity index (χ0v) is 27.4. The molecule has 1 fully saturated rings. The number of aromatic nitrogens is 2. The van der Waals surface area contributed by atoms with Gasteiger partial charge in [-0.1, -0.05) is 96.0 Å². The number of ether oxygens (including phenoxy) is 2. The van der Waals surface area contributed by atoms with Gasteiger partial charge in [-0.3, -0.25) is 4.99 Å². The van der Waals surface area contributed by atoms with Crippen LogP contribution in [0.2, 0.25) is 10.0 Å². The summed E-state index contributed by atoms with van der Waals surface area (Å²) in [6, 6.07) is 26.9. The number of carbonyl (C=O) groups is 1. The molecule has 1 saturated heterocycles. The molecule has 0 amide bonds. The van der Waals surface area contributed by atoms with E-state index in [1.165, 1.54) is 17.5 Å². The minimum absolute atomic E-state index is 0.00670. The van der Waals surface area contributed by atoms with E-state index in [2.05, 4.69) is 80.8 Å². The number of rotatable bonds is 9. The Kier molecular flexibility index (Phi) is 9.87. The van der Waals surface area contributed by atoms with E-state index in [1.54, 1.807) is 19.1 Å². The molecule has 3 aromatic carbocycles. The first-order valence-electron chi connectivity index (χ1n) is 15.5. The van der Waals surface area contributed by atoms with Crippen molar-refractivity contribution in [3.8, 4) is 0 Å². The number of benzene rings is 3. The molecule has 0 saturated carbocycles. The molecule has 6 rings (SSSR count). The van der Waals surface area contributed by atoms with Crippen LogP contribution in [-0.2, 0) is 14.9 Å². The average Bonchev–Trinajstić information content (AvgIpc) is 3.61. The Morgan fingerprint density at radius 1 is 0.935 bits per heavy atom. The van der Waals surface area contributed by atoms with E-state index in [9.17, 15) is 4.79 Å². The minimum atomic E-state index is -0.803. The van der Waals surface area contributed by atoms with Crippen molar-refractivity contribution in [2.24, 2.45) is 4.99 Å². The molecule has 4 aromatic rings. The fraction of sp³-hybridized carbons (Fsp3) is 0.333. The highest BCUT2D eigenvalue weighted by atomic mass is 35.5. The van der Waals surface area contributed by atoms with Gasteiger partial charge in [-0.25, -0.2) is 4.79 Å². The Morgan fingerprint density at radius 3 is 2.24 bits per heavy atom. The number of aliphatic imine (C=N–C) groups is 1. The van der Waals surface area contributed by atoms with Crippen LogP contribution in [0.1, 0.15) is 67.5 Å². The fourth-order valence-electron chi connectivity index (χ4n) is 6.84. The smallest absolute Gasteiger partial charge is 0.434 e. The Bertz CT molecular complexity index is 1660. The molecule has 3 heterocycles. The number of carbonyl (C=O) groups excluding carboxylic acids is 1. The summed E-state index contributed by atoms with van der Waals surface area (Å²) in [5.74, 6) is -0.464. The quantitative estimate of drug-likeness (QED) is 0.131. The fourth-order valence-corrected chi connectivity index (χ4v) is 7.27. The average molecular weight is 660 g/mol. The summed E-state index contributed by atoms with van der Waals surface area (Å²) in [7, 11) is 0. The van der Waals surface area contributed by atoms with Crippen LogP contribution in [0.3, 0.4) is 0 Å². The van der Waals surface area contributed by atoms with Crippen molar-refractivity contribution in [3.05, 3.63) is 129 Å². The van der Waals surface area contributed by atoms with Crippen molar-refractivity contribution in [2.45, 2.75) is 50.4 Å². The first-order chi connectivity index (χ1) is 22.4. The van der Waals surface area contributed by atoms with E-state index in [4.69, 9.17) is 37.1 Å². The lowest BCUT2D eigenvalue weighted by molar-refractivity contribution is 0.0662. The number of hydrogen-bond donors (Lipinski definition) is 0. The summed E-state index contributed by atoms with van der Waals surface area (Å²) in [5, 5.41) is 8.71. The molecule has 2 unspecified atom stereocenters. The largest absolute Gasteiger partial charge is 0.513 e. The van der Waals surface area contributed by atoms with Crippen LogP contribution in [0.15, 0.2) is 106 Å². The van der Waals surface area contributed by atoms with Gasteiger partial charge in [-0.2, -0.15) is 0 Å². The second kappa shape index (κ2) is 14.2. The van der Waals surface area contributed by atoms with E-state index in [-0.39, 0.29) is 12.0 Å². The SMILES string of the molecule is CC1=NC(C)=C(OC(=O)OCCCN2CCC(c3ccccc3)(c3ccccc3)CC2)C(c2cccc(Cl)c2Cl)C1c1nnco1. The Morgan fingerprint density at radius 2 is 1.61 bits per heavy atom. The van der Waals surface area contributed by atoms with Gasteiger partial charge in [0, 0.05) is 17.7 Å².